The molecule has 1 unspecified atom stereocenters. The number of hydrogen-bond acceptors (Lipinski definition) is 3. The number of nitrogens with one attached hydrogen (secondary N) is 2. The summed E-state index contributed by atoms with van der Waals surface area (Å²) in [6.45, 7) is 6.83. The second-order valence-electron chi connectivity index (χ2n) is 8.71. The minimum atomic E-state index is -0.225. The van der Waals surface area contributed by atoms with Gasteiger partial charge in [-0.2, -0.15) is 0 Å². The Bertz CT molecular complexity index is 1120. The molecule has 4 rings (SSSR count). The zero-order chi connectivity index (χ0) is 23.2. The van der Waals surface area contributed by atoms with Crippen LogP contribution in [0.25, 0.3) is 0 Å². The molecule has 5 nitrogen and oxygen atoms in total. The summed E-state index contributed by atoms with van der Waals surface area (Å²) < 4.78 is 0. The largest absolute Gasteiger partial charge is 0.350 e. The van der Waals surface area contributed by atoms with E-state index in [1.54, 1.807) is 18.2 Å². The maximum Gasteiger partial charge on any atom is 0.255 e. The first-order valence-electron chi connectivity index (χ1n) is 11.6. The maximum atomic E-state index is 12.9. The molecule has 0 saturated heterocycles. The molecule has 2 N–H and O–H groups in total. The molecule has 0 spiro atoms. The first-order chi connectivity index (χ1) is 16.0. The molecule has 0 aromatic heterocycles. The third-order valence-corrected chi connectivity index (χ3v) is 6.24. The summed E-state index contributed by atoms with van der Waals surface area (Å²) in [5, 5.41) is 5.86. The quantitative estimate of drug-likeness (QED) is 0.541. The molecular formula is C28H31N3O2. The minimum absolute atomic E-state index is 0.0715. The van der Waals surface area contributed by atoms with Crippen molar-refractivity contribution in [3.63, 3.8) is 0 Å². The highest BCUT2D eigenvalue weighted by Crippen LogP contribution is 2.21. The van der Waals surface area contributed by atoms with E-state index in [9.17, 15) is 9.59 Å². The normalized spacial score (nSPS) is 14.2. The van der Waals surface area contributed by atoms with Crippen LogP contribution in [0.5, 0.6) is 0 Å². The lowest BCUT2D eigenvalue weighted by Crippen LogP contribution is -2.32. The predicted octanol–water partition coefficient (Wildman–Crippen LogP) is 5.03. The smallest absolute Gasteiger partial charge is 0.255 e. The Morgan fingerprint density at radius 3 is 2.36 bits per heavy atom. The zero-order valence-electron chi connectivity index (χ0n) is 19.3. The zero-order valence-corrected chi connectivity index (χ0v) is 19.3. The van der Waals surface area contributed by atoms with Crippen LogP contribution in [0.15, 0.2) is 72.8 Å². The Morgan fingerprint density at radius 2 is 1.61 bits per heavy atom. The SMILES string of the molecule is CCC(C)NC(=O)c1ccccc1NC(=O)c1ccc(CN2CCc3ccccc3C2)cc1. The number of carbonyl (C=O) groups is 2. The van der Waals surface area contributed by atoms with E-state index >= 15 is 0 Å². The number of hydrogen-bond donors (Lipinski definition) is 2. The van der Waals surface area contributed by atoms with E-state index < -0.39 is 0 Å². The van der Waals surface area contributed by atoms with Crippen molar-refractivity contribution >= 4 is 17.5 Å². The van der Waals surface area contributed by atoms with E-state index in [1.165, 1.54) is 16.7 Å². The second-order valence-corrected chi connectivity index (χ2v) is 8.71. The minimum Gasteiger partial charge on any atom is -0.350 e. The van der Waals surface area contributed by atoms with Gasteiger partial charge in [-0.05, 0) is 60.7 Å². The number of nitrogens with zero attached hydrogens (tertiary/aromatic N) is 1. The van der Waals surface area contributed by atoms with Crippen molar-refractivity contribution in [2.45, 2.75) is 45.8 Å². The monoisotopic (exact) mass is 441 g/mol. The van der Waals surface area contributed by atoms with Gasteiger partial charge in [0.1, 0.15) is 0 Å². The lowest BCUT2D eigenvalue weighted by atomic mass is 9.99. The maximum absolute atomic E-state index is 12.9. The Hall–Kier alpha value is -3.44. The van der Waals surface area contributed by atoms with Gasteiger partial charge in [-0.3, -0.25) is 14.5 Å². The Morgan fingerprint density at radius 1 is 0.909 bits per heavy atom. The number of anilines is 1. The van der Waals surface area contributed by atoms with Gasteiger partial charge >= 0.3 is 0 Å². The van der Waals surface area contributed by atoms with Gasteiger partial charge in [-0.15, -0.1) is 0 Å². The molecule has 1 aliphatic heterocycles. The third-order valence-electron chi connectivity index (χ3n) is 6.24. The van der Waals surface area contributed by atoms with E-state index in [4.69, 9.17) is 0 Å². The van der Waals surface area contributed by atoms with Crippen LogP contribution >= 0.6 is 0 Å². The number of benzene rings is 3. The Kier molecular flexibility index (Phi) is 7.20. The van der Waals surface area contributed by atoms with E-state index in [-0.39, 0.29) is 17.9 Å². The van der Waals surface area contributed by atoms with Crippen LogP contribution in [0.2, 0.25) is 0 Å². The van der Waals surface area contributed by atoms with E-state index in [1.807, 2.05) is 44.2 Å². The van der Waals surface area contributed by atoms with Crippen LogP contribution in [0.4, 0.5) is 5.69 Å². The van der Waals surface area contributed by atoms with Crippen LogP contribution in [-0.2, 0) is 19.5 Å². The number of carbonyl (C=O) groups excluding carboxylic acids is 2. The van der Waals surface area contributed by atoms with Crippen LogP contribution in [-0.4, -0.2) is 29.3 Å². The second kappa shape index (κ2) is 10.5. The molecule has 2 amide bonds. The molecule has 3 aromatic rings. The van der Waals surface area contributed by atoms with Crippen molar-refractivity contribution in [1.82, 2.24) is 10.2 Å². The van der Waals surface area contributed by atoms with Crippen LogP contribution < -0.4 is 10.6 Å². The van der Waals surface area contributed by atoms with Crippen LogP contribution in [0.1, 0.15) is 57.7 Å². The Labute approximate surface area is 195 Å². The summed E-state index contributed by atoms with van der Waals surface area (Å²) in [7, 11) is 0. The highest BCUT2D eigenvalue weighted by Gasteiger charge is 2.17. The molecule has 0 bridgehead atoms. The topological polar surface area (TPSA) is 61.4 Å². The molecule has 0 saturated carbocycles. The highest BCUT2D eigenvalue weighted by atomic mass is 16.2. The summed E-state index contributed by atoms with van der Waals surface area (Å²) in [5.41, 5.74) is 5.57. The Balaban J connectivity index is 1.39. The summed E-state index contributed by atoms with van der Waals surface area (Å²) in [6.07, 6.45) is 1.91. The van der Waals surface area contributed by atoms with E-state index in [0.717, 1.165) is 32.5 Å². The summed E-state index contributed by atoms with van der Waals surface area (Å²) in [6, 6.07) is 23.5. The fourth-order valence-electron chi connectivity index (χ4n) is 4.10. The van der Waals surface area contributed by atoms with Crippen molar-refractivity contribution in [3.8, 4) is 0 Å². The molecule has 5 heteroatoms. The number of fused-ring (bicyclic) bond motifs is 1. The van der Waals surface area contributed by atoms with Gasteiger partial charge in [0.15, 0.2) is 0 Å². The lowest BCUT2D eigenvalue weighted by molar-refractivity contribution is 0.0940. The molecule has 33 heavy (non-hydrogen) atoms. The van der Waals surface area contributed by atoms with Gasteiger partial charge in [-0.1, -0.05) is 55.5 Å². The van der Waals surface area contributed by atoms with Crippen molar-refractivity contribution in [2.75, 3.05) is 11.9 Å². The first-order valence-corrected chi connectivity index (χ1v) is 11.6. The van der Waals surface area contributed by atoms with E-state index in [0.29, 0.717) is 16.8 Å². The molecular weight excluding hydrogens is 410 g/mol. The summed E-state index contributed by atoms with van der Waals surface area (Å²) in [4.78, 5) is 27.9. The molecule has 1 aliphatic rings. The standard InChI is InChI=1S/C28H31N3O2/c1-3-20(2)29-28(33)25-10-6-7-11-26(25)30-27(32)23-14-12-21(13-15-23)18-31-17-16-22-8-4-5-9-24(22)19-31/h4-15,20H,3,16-19H2,1-2H3,(H,29,33)(H,30,32). The fourth-order valence-corrected chi connectivity index (χ4v) is 4.10. The van der Waals surface area contributed by atoms with Crippen molar-refractivity contribution in [2.24, 2.45) is 0 Å². The van der Waals surface area contributed by atoms with Crippen LogP contribution in [0.3, 0.4) is 0 Å². The average molecular weight is 442 g/mol. The summed E-state index contributed by atoms with van der Waals surface area (Å²) >= 11 is 0. The molecule has 1 heterocycles. The van der Waals surface area contributed by atoms with Gasteiger partial charge < -0.3 is 10.6 Å². The molecule has 170 valence electrons. The molecule has 0 aliphatic carbocycles. The molecule has 0 radical (unpaired) electrons. The van der Waals surface area contributed by atoms with Gasteiger partial charge in [0.25, 0.3) is 11.8 Å². The van der Waals surface area contributed by atoms with Gasteiger partial charge in [-0.25, -0.2) is 0 Å². The fraction of sp³-hybridized carbons (Fsp3) is 0.286. The van der Waals surface area contributed by atoms with Gasteiger partial charge in [0.05, 0.1) is 11.3 Å². The number of para-hydroxylation sites is 1. The summed E-state index contributed by atoms with van der Waals surface area (Å²) in [5.74, 6) is -0.407. The van der Waals surface area contributed by atoms with Crippen LogP contribution in [0, 0.1) is 0 Å². The van der Waals surface area contributed by atoms with E-state index in [2.05, 4.69) is 39.8 Å². The number of rotatable bonds is 7. The highest BCUT2D eigenvalue weighted by molar-refractivity contribution is 6.09. The molecule has 3 aromatic carbocycles. The van der Waals surface area contributed by atoms with Gasteiger partial charge in [0, 0.05) is 31.2 Å². The third kappa shape index (κ3) is 5.68. The average Bonchev–Trinajstić information content (AvgIpc) is 2.84. The predicted molar refractivity (Wildman–Crippen MR) is 132 cm³/mol. The van der Waals surface area contributed by atoms with Crippen molar-refractivity contribution in [1.29, 1.82) is 0 Å². The van der Waals surface area contributed by atoms with Crippen molar-refractivity contribution < 1.29 is 9.59 Å². The lowest BCUT2D eigenvalue weighted by Gasteiger charge is -2.28. The first kappa shape index (κ1) is 22.7. The van der Waals surface area contributed by atoms with Crippen molar-refractivity contribution in [3.05, 3.63) is 101 Å². The van der Waals surface area contributed by atoms with Gasteiger partial charge in [0.2, 0.25) is 0 Å². The molecule has 1 atom stereocenters. The molecule has 0 fully saturated rings. The number of amides is 2.